The average molecular weight is 291 g/mol. The Hall–Kier alpha value is -2.18. The molecule has 1 fully saturated rings. The number of hydrogen-bond acceptors (Lipinski definition) is 6. The van der Waals surface area contributed by atoms with E-state index in [4.69, 9.17) is 0 Å². The number of carbonyl (C=O) groups is 2. The number of piperazine rings is 1. The van der Waals surface area contributed by atoms with Crippen molar-refractivity contribution in [2.45, 2.75) is 33.1 Å². The van der Waals surface area contributed by atoms with Crippen molar-refractivity contribution < 1.29 is 9.59 Å². The minimum Gasteiger partial charge on any atom is -0.370 e. The van der Waals surface area contributed by atoms with Crippen LogP contribution in [0.5, 0.6) is 0 Å². The van der Waals surface area contributed by atoms with Crippen molar-refractivity contribution in [2.24, 2.45) is 0 Å². The first-order valence-electron chi connectivity index (χ1n) is 7.19. The molecule has 1 aliphatic rings. The Morgan fingerprint density at radius 2 is 1.95 bits per heavy atom. The third-order valence-electron chi connectivity index (χ3n) is 3.23. The van der Waals surface area contributed by atoms with Crippen molar-refractivity contribution in [3.8, 4) is 0 Å². The second kappa shape index (κ2) is 6.51. The van der Waals surface area contributed by atoms with Crippen LogP contribution in [0.2, 0.25) is 0 Å². The van der Waals surface area contributed by atoms with E-state index in [9.17, 15) is 9.59 Å². The molecule has 114 valence electrons. The summed E-state index contributed by atoms with van der Waals surface area (Å²) in [5.74, 6) is 1.00. The molecule has 1 aromatic heterocycles. The fraction of sp³-hybridized carbons (Fsp3) is 0.571. The summed E-state index contributed by atoms with van der Waals surface area (Å²) in [7, 11) is 0. The number of amides is 2. The van der Waals surface area contributed by atoms with Gasteiger partial charge in [-0.1, -0.05) is 20.8 Å². The van der Waals surface area contributed by atoms with E-state index in [1.54, 1.807) is 4.90 Å². The minimum absolute atomic E-state index is 0.135. The van der Waals surface area contributed by atoms with Crippen LogP contribution in [0.1, 0.15) is 38.7 Å². The van der Waals surface area contributed by atoms with E-state index in [0.29, 0.717) is 5.82 Å². The lowest BCUT2D eigenvalue weighted by Gasteiger charge is -2.29. The Bertz CT molecular complexity index is 528. The molecule has 2 rings (SSSR count). The van der Waals surface area contributed by atoms with Gasteiger partial charge < -0.3 is 10.2 Å². The number of nitrogens with zero attached hydrogens (tertiary/aromatic N) is 3. The van der Waals surface area contributed by atoms with Gasteiger partial charge >= 0.3 is 0 Å². The van der Waals surface area contributed by atoms with Crippen LogP contribution in [-0.2, 0) is 9.59 Å². The average Bonchev–Trinajstić information content (AvgIpc) is 2.43. The molecule has 0 bridgehead atoms. The van der Waals surface area contributed by atoms with Crippen LogP contribution in [0.3, 0.4) is 0 Å². The molecule has 0 aromatic carbocycles. The zero-order chi connectivity index (χ0) is 15.4. The number of rotatable bonds is 5. The van der Waals surface area contributed by atoms with Crippen molar-refractivity contribution in [1.82, 2.24) is 15.3 Å². The molecule has 2 N–H and O–H groups in total. The highest BCUT2D eigenvalue weighted by Gasteiger charge is 2.27. The SMILES string of the molecule is CCCNc1ncnc(N2CC(=O)NC(=O)C2)c1C(C)C. The Morgan fingerprint density at radius 1 is 1.29 bits per heavy atom. The van der Waals surface area contributed by atoms with Crippen LogP contribution in [0.25, 0.3) is 0 Å². The molecule has 0 aliphatic carbocycles. The fourth-order valence-electron chi connectivity index (χ4n) is 2.34. The minimum atomic E-state index is -0.303. The van der Waals surface area contributed by atoms with E-state index in [1.807, 2.05) is 13.8 Å². The Kier molecular flexibility index (Phi) is 4.72. The van der Waals surface area contributed by atoms with Gasteiger partial charge in [0.2, 0.25) is 11.8 Å². The number of carbonyl (C=O) groups excluding carboxylic acids is 2. The molecule has 1 aromatic rings. The monoisotopic (exact) mass is 291 g/mol. The van der Waals surface area contributed by atoms with Gasteiger partial charge in [0, 0.05) is 12.1 Å². The lowest BCUT2D eigenvalue weighted by molar-refractivity contribution is -0.130. The summed E-state index contributed by atoms with van der Waals surface area (Å²) in [5.41, 5.74) is 0.938. The molecule has 7 heteroatoms. The summed E-state index contributed by atoms with van der Waals surface area (Å²) in [4.78, 5) is 33.4. The molecule has 2 amide bonds. The summed E-state index contributed by atoms with van der Waals surface area (Å²) in [6.07, 6.45) is 2.46. The first-order chi connectivity index (χ1) is 10.0. The van der Waals surface area contributed by atoms with Gasteiger partial charge in [0.05, 0.1) is 13.1 Å². The largest absolute Gasteiger partial charge is 0.370 e. The van der Waals surface area contributed by atoms with Gasteiger partial charge in [-0.25, -0.2) is 9.97 Å². The second-order valence-corrected chi connectivity index (χ2v) is 5.37. The van der Waals surface area contributed by atoms with Crippen molar-refractivity contribution in [3.63, 3.8) is 0 Å². The van der Waals surface area contributed by atoms with Crippen molar-refractivity contribution in [1.29, 1.82) is 0 Å². The van der Waals surface area contributed by atoms with Crippen LogP contribution in [0, 0.1) is 0 Å². The molecular weight excluding hydrogens is 270 g/mol. The Morgan fingerprint density at radius 3 is 2.52 bits per heavy atom. The van der Waals surface area contributed by atoms with Crippen LogP contribution in [0.15, 0.2) is 6.33 Å². The van der Waals surface area contributed by atoms with E-state index >= 15 is 0 Å². The van der Waals surface area contributed by atoms with Gasteiger partial charge in [0.1, 0.15) is 18.0 Å². The van der Waals surface area contributed by atoms with Gasteiger partial charge in [-0.15, -0.1) is 0 Å². The number of imide groups is 1. The third kappa shape index (κ3) is 3.48. The maximum Gasteiger partial charge on any atom is 0.246 e. The molecule has 1 saturated heterocycles. The molecular formula is C14H21N5O2. The molecule has 2 heterocycles. The van der Waals surface area contributed by atoms with E-state index in [0.717, 1.165) is 24.3 Å². The topological polar surface area (TPSA) is 87.2 Å². The highest BCUT2D eigenvalue weighted by molar-refractivity contribution is 6.02. The number of nitrogens with one attached hydrogen (secondary N) is 2. The van der Waals surface area contributed by atoms with Gasteiger partial charge in [0.15, 0.2) is 0 Å². The van der Waals surface area contributed by atoms with Crippen LogP contribution < -0.4 is 15.5 Å². The van der Waals surface area contributed by atoms with Gasteiger partial charge in [-0.3, -0.25) is 14.9 Å². The number of aromatic nitrogens is 2. The van der Waals surface area contributed by atoms with Gasteiger partial charge in [0.25, 0.3) is 0 Å². The summed E-state index contributed by atoms with van der Waals surface area (Å²) in [5, 5.41) is 5.58. The third-order valence-corrected chi connectivity index (χ3v) is 3.23. The van der Waals surface area contributed by atoms with Crippen LogP contribution in [-0.4, -0.2) is 41.4 Å². The van der Waals surface area contributed by atoms with Gasteiger partial charge in [-0.05, 0) is 12.3 Å². The van der Waals surface area contributed by atoms with Crippen molar-refractivity contribution >= 4 is 23.5 Å². The fourth-order valence-corrected chi connectivity index (χ4v) is 2.34. The zero-order valence-electron chi connectivity index (χ0n) is 12.6. The lowest BCUT2D eigenvalue weighted by Crippen LogP contribution is -2.52. The van der Waals surface area contributed by atoms with Crippen molar-refractivity contribution in [3.05, 3.63) is 11.9 Å². The second-order valence-electron chi connectivity index (χ2n) is 5.37. The van der Waals surface area contributed by atoms with E-state index in [-0.39, 0.29) is 30.8 Å². The highest BCUT2D eigenvalue weighted by Crippen LogP contribution is 2.31. The predicted molar refractivity (Wildman–Crippen MR) is 80.3 cm³/mol. The van der Waals surface area contributed by atoms with Crippen LogP contribution >= 0.6 is 0 Å². The molecule has 21 heavy (non-hydrogen) atoms. The normalized spacial score (nSPS) is 15.3. The summed E-state index contributed by atoms with van der Waals surface area (Å²) >= 11 is 0. The van der Waals surface area contributed by atoms with E-state index in [1.165, 1.54) is 6.33 Å². The molecule has 0 unspecified atom stereocenters. The van der Waals surface area contributed by atoms with E-state index in [2.05, 4.69) is 27.5 Å². The standard InChI is InChI=1S/C14H21N5O2/c1-4-5-15-13-12(9(2)3)14(17-8-16-13)19-6-10(20)18-11(21)7-19/h8-9H,4-7H2,1-3H3,(H,15,16,17)(H,18,20,21). The molecule has 0 spiro atoms. The quantitative estimate of drug-likeness (QED) is 0.783. The number of anilines is 2. The predicted octanol–water partition coefficient (Wildman–Crippen LogP) is 0.885. The summed E-state index contributed by atoms with van der Waals surface area (Å²) in [6, 6.07) is 0. The van der Waals surface area contributed by atoms with E-state index < -0.39 is 0 Å². The maximum absolute atomic E-state index is 11.6. The van der Waals surface area contributed by atoms with Gasteiger partial charge in [-0.2, -0.15) is 0 Å². The Labute approximate surface area is 124 Å². The first kappa shape index (κ1) is 15.2. The summed E-state index contributed by atoms with van der Waals surface area (Å²) in [6.45, 7) is 7.26. The lowest BCUT2D eigenvalue weighted by atomic mass is 10.0. The molecule has 1 aliphatic heterocycles. The summed E-state index contributed by atoms with van der Waals surface area (Å²) < 4.78 is 0. The first-order valence-corrected chi connectivity index (χ1v) is 7.19. The van der Waals surface area contributed by atoms with Crippen LogP contribution in [0.4, 0.5) is 11.6 Å². The zero-order valence-corrected chi connectivity index (χ0v) is 12.6. The molecule has 7 nitrogen and oxygen atoms in total. The number of hydrogen-bond donors (Lipinski definition) is 2. The molecule has 0 saturated carbocycles. The van der Waals surface area contributed by atoms with Crippen molar-refractivity contribution in [2.75, 3.05) is 29.9 Å². The molecule has 0 atom stereocenters. The highest BCUT2D eigenvalue weighted by atomic mass is 16.2. The molecule has 0 radical (unpaired) electrons. The smallest absolute Gasteiger partial charge is 0.246 e. The maximum atomic E-state index is 11.6. The Balaban J connectivity index is 2.37.